The Morgan fingerprint density at radius 2 is 2.00 bits per heavy atom. The highest BCUT2D eigenvalue weighted by Gasteiger charge is 2.17. The zero-order chi connectivity index (χ0) is 12.6. The molecule has 0 saturated carbocycles. The summed E-state index contributed by atoms with van der Waals surface area (Å²) in [6, 6.07) is 5.39. The minimum absolute atomic E-state index is 0.284. The van der Waals surface area contributed by atoms with E-state index in [1.165, 1.54) is 0 Å². The lowest BCUT2D eigenvalue weighted by molar-refractivity contribution is 0.125. The van der Waals surface area contributed by atoms with Crippen molar-refractivity contribution in [2.75, 3.05) is 0 Å². The van der Waals surface area contributed by atoms with E-state index in [2.05, 4.69) is 4.98 Å². The zero-order valence-corrected chi connectivity index (χ0v) is 10.7. The molecular formula is C14H18FNO. The lowest BCUT2D eigenvalue weighted by Gasteiger charge is -2.21. The molecule has 0 aliphatic heterocycles. The SMILES string of the molecule is CCc1cc2c(F)c(OC(C)(C)C)ccc2[nH]1. The number of hydrogen-bond donors (Lipinski definition) is 1. The second kappa shape index (κ2) is 4.06. The van der Waals surface area contributed by atoms with Gasteiger partial charge in [0.1, 0.15) is 5.60 Å². The van der Waals surface area contributed by atoms with Gasteiger partial charge in [0.2, 0.25) is 0 Å². The van der Waals surface area contributed by atoms with E-state index in [1.54, 1.807) is 6.07 Å². The van der Waals surface area contributed by atoms with Gasteiger partial charge in [-0.05, 0) is 45.4 Å². The molecule has 2 aromatic rings. The summed E-state index contributed by atoms with van der Waals surface area (Å²) in [5.74, 6) is 0.0278. The Balaban J connectivity index is 2.49. The zero-order valence-electron chi connectivity index (χ0n) is 10.7. The lowest BCUT2D eigenvalue weighted by atomic mass is 10.1. The van der Waals surface area contributed by atoms with Gasteiger partial charge in [-0.1, -0.05) is 6.92 Å². The summed E-state index contributed by atoms with van der Waals surface area (Å²) in [6.07, 6.45) is 0.865. The van der Waals surface area contributed by atoms with Gasteiger partial charge in [-0.3, -0.25) is 0 Å². The number of aromatic amines is 1. The first-order valence-electron chi connectivity index (χ1n) is 5.90. The number of benzene rings is 1. The van der Waals surface area contributed by atoms with Crippen molar-refractivity contribution in [3.8, 4) is 5.75 Å². The molecule has 17 heavy (non-hydrogen) atoms. The van der Waals surface area contributed by atoms with E-state index in [1.807, 2.05) is 39.8 Å². The molecule has 0 saturated heterocycles. The van der Waals surface area contributed by atoms with Gasteiger partial charge >= 0.3 is 0 Å². The van der Waals surface area contributed by atoms with Crippen molar-refractivity contribution < 1.29 is 9.13 Å². The van der Waals surface area contributed by atoms with E-state index in [4.69, 9.17) is 4.74 Å². The quantitative estimate of drug-likeness (QED) is 0.834. The lowest BCUT2D eigenvalue weighted by Crippen LogP contribution is -2.23. The maximum atomic E-state index is 14.2. The third-order valence-corrected chi connectivity index (χ3v) is 2.56. The molecule has 3 heteroatoms. The smallest absolute Gasteiger partial charge is 0.174 e. The molecule has 0 fully saturated rings. The summed E-state index contributed by atoms with van der Waals surface area (Å²) in [6.45, 7) is 7.76. The molecule has 0 unspecified atom stereocenters. The average molecular weight is 235 g/mol. The molecule has 1 N–H and O–H groups in total. The number of fused-ring (bicyclic) bond motifs is 1. The first kappa shape index (κ1) is 12.0. The Morgan fingerprint density at radius 3 is 2.59 bits per heavy atom. The third-order valence-electron chi connectivity index (χ3n) is 2.56. The highest BCUT2D eigenvalue weighted by Crippen LogP contribution is 2.29. The fraction of sp³-hybridized carbons (Fsp3) is 0.429. The van der Waals surface area contributed by atoms with E-state index in [0.29, 0.717) is 11.1 Å². The van der Waals surface area contributed by atoms with Crippen LogP contribution in [0.1, 0.15) is 33.4 Å². The van der Waals surface area contributed by atoms with Crippen molar-refractivity contribution in [1.29, 1.82) is 0 Å². The van der Waals surface area contributed by atoms with Crippen LogP contribution in [0.15, 0.2) is 18.2 Å². The molecule has 0 amide bonds. The number of aryl methyl sites for hydroxylation is 1. The molecule has 0 spiro atoms. The first-order chi connectivity index (χ1) is 7.90. The van der Waals surface area contributed by atoms with E-state index in [9.17, 15) is 4.39 Å². The summed E-state index contributed by atoms with van der Waals surface area (Å²) >= 11 is 0. The van der Waals surface area contributed by atoms with Crippen molar-refractivity contribution in [1.82, 2.24) is 4.98 Å². The normalized spacial score (nSPS) is 12.1. The number of H-pyrrole nitrogens is 1. The van der Waals surface area contributed by atoms with Crippen LogP contribution in [-0.4, -0.2) is 10.6 Å². The number of nitrogens with one attached hydrogen (secondary N) is 1. The predicted molar refractivity (Wildman–Crippen MR) is 68.0 cm³/mol. The monoisotopic (exact) mass is 235 g/mol. The molecular weight excluding hydrogens is 217 g/mol. The second-order valence-corrected chi connectivity index (χ2v) is 5.20. The van der Waals surface area contributed by atoms with Crippen LogP contribution in [0.3, 0.4) is 0 Å². The summed E-state index contributed by atoms with van der Waals surface area (Å²) in [4.78, 5) is 3.18. The van der Waals surface area contributed by atoms with Gasteiger partial charge in [0.25, 0.3) is 0 Å². The van der Waals surface area contributed by atoms with Crippen LogP contribution in [0, 0.1) is 5.82 Å². The maximum absolute atomic E-state index is 14.2. The van der Waals surface area contributed by atoms with Crippen LogP contribution in [0.5, 0.6) is 5.75 Å². The molecule has 92 valence electrons. The van der Waals surface area contributed by atoms with Crippen LogP contribution >= 0.6 is 0 Å². The minimum atomic E-state index is -0.390. The molecule has 1 heterocycles. The van der Waals surface area contributed by atoms with Gasteiger partial charge in [0.15, 0.2) is 11.6 Å². The second-order valence-electron chi connectivity index (χ2n) is 5.20. The number of aromatic nitrogens is 1. The first-order valence-corrected chi connectivity index (χ1v) is 5.90. The molecule has 2 nitrogen and oxygen atoms in total. The summed E-state index contributed by atoms with van der Waals surface area (Å²) in [7, 11) is 0. The van der Waals surface area contributed by atoms with E-state index in [0.717, 1.165) is 17.6 Å². The van der Waals surface area contributed by atoms with E-state index < -0.39 is 5.60 Å². The topological polar surface area (TPSA) is 25.0 Å². The van der Waals surface area contributed by atoms with Crippen molar-refractivity contribution in [3.05, 3.63) is 29.7 Å². The van der Waals surface area contributed by atoms with Gasteiger partial charge in [-0.15, -0.1) is 0 Å². The molecule has 0 radical (unpaired) electrons. The Bertz CT molecular complexity index is 537. The predicted octanol–water partition coefficient (Wildman–Crippen LogP) is 4.05. The van der Waals surface area contributed by atoms with Gasteiger partial charge in [-0.2, -0.15) is 0 Å². The Labute approximate surface area is 101 Å². The maximum Gasteiger partial charge on any atom is 0.174 e. The van der Waals surface area contributed by atoms with Crippen LogP contribution in [-0.2, 0) is 6.42 Å². The standard InChI is InChI=1S/C14H18FNO/c1-5-9-8-10-11(16-9)6-7-12(13(10)15)17-14(2,3)4/h6-8,16H,5H2,1-4H3. The fourth-order valence-corrected chi connectivity index (χ4v) is 1.81. The molecule has 0 bridgehead atoms. The molecule has 0 atom stereocenters. The summed E-state index contributed by atoms with van der Waals surface area (Å²) < 4.78 is 19.8. The Kier molecular flexibility index (Phi) is 2.86. The Morgan fingerprint density at radius 1 is 1.29 bits per heavy atom. The van der Waals surface area contributed by atoms with E-state index in [-0.39, 0.29) is 5.82 Å². The number of rotatable bonds is 2. The highest BCUT2D eigenvalue weighted by atomic mass is 19.1. The largest absolute Gasteiger partial charge is 0.485 e. The van der Waals surface area contributed by atoms with Crippen molar-refractivity contribution in [2.24, 2.45) is 0 Å². The average Bonchev–Trinajstić information content (AvgIpc) is 2.64. The van der Waals surface area contributed by atoms with Crippen molar-refractivity contribution >= 4 is 10.9 Å². The summed E-state index contributed by atoms with van der Waals surface area (Å²) in [5, 5.41) is 0.601. The summed E-state index contributed by atoms with van der Waals surface area (Å²) in [5.41, 5.74) is 1.46. The van der Waals surface area contributed by atoms with Gasteiger partial charge < -0.3 is 9.72 Å². The van der Waals surface area contributed by atoms with Crippen molar-refractivity contribution in [3.63, 3.8) is 0 Å². The third kappa shape index (κ3) is 2.43. The highest BCUT2D eigenvalue weighted by molar-refractivity contribution is 5.82. The fourth-order valence-electron chi connectivity index (χ4n) is 1.81. The molecule has 0 aliphatic carbocycles. The number of halogens is 1. The number of hydrogen-bond acceptors (Lipinski definition) is 1. The molecule has 1 aromatic heterocycles. The van der Waals surface area contributed by atoms with Crippen molar-refractivity contribution in [2.45, 2.75) is 39.7 Å². The van der Waals surface area contributed by atoms with Crippen LogP contribution in [0.4, 0.5) is 4.39 Å². The van der Waals surface area contributed by atoms with Gasteiger partial charge in [0.05, 0.1) is 0 Å². The van der Waals surface area contributed by atoms with Crippen LogP contribution < -0.4 is 4.74 Å². The molecule has 0 aliphatic rings. The number of ether oxygens (including phenoxy) is 1. The van der Waals surface area contributed by atoms with Gasteiger partial charge in [0, 0.05) is 16.6 Å². The molecule has 2 rings (SSSR count). The van der Waals surface area contributed by atoms with Crippen LogP contribution in [0.2, 0.25) is 0 Å². The van der Waals surface area contributed by atoms with E-state index >= 15 is 0 Å². The molecule has 1 aromatic carbocycles. The Hall–Kier alpha value is -1.51. The minimum Gasteiger partial charge on any atom is -0.485 e. The van der Waals surface area contributed by atoms with Gasteiger partial charge in [-0.25, -0.2) is 4.39 Å². The van der Waals surface area contributed by atoms with Crippen LogP contribution in [0.25, 0.3) is 10.9 Å².